The van der Waals surface area contributed by atoms with E-state index in [0.717, 1.165) is 10.8 Å². The Hall–Kier alpha value is -2.87. The number of fused-ring (bicyclic) bond motifs is 1. The molecule has 24 heavy (non-hydrogen) atoms. The van der Waals surface area contributed by atoms with Gasteiger partial charge < -0.3 is 14.8 Å². The van der Waals surface area contributed by atoms with Crippen LogP contribution in [-0.2, 0) is 6.42 Å². The molecule has 3 aromatic rings. The number of aromatic nitrogens is 3. The van der Waals surface area contributed by atoms with Crippen LogP contribution in [0.1, 0.15) is 16.1 Å². The molecule has 8 heteroatoms. The number of carbonyl (C=O) groups is 1. The first-order valence-electron chi connectivity index (χ1n) is 7.42. The Labute approximate surface area is 141 Å². The molecule has 4 rings (SSSR count). The number of ether oxygens (including phenoxy) is 2. The monoisotopic (exact) mass is 342 g/mol. The number of carbonyl (C=O) groups excluding carboxylic acids is 1. The quantitative estimate of drug-likeness (QED) is 0.768. The van der Waals surface area contributed by atoms with E-state index in [-0.39, 0.29) is 12.7 Å². The molecule has 1 N–H and O–H groups in total. The Balaban J connectivity index is 1.33. The van der Waals surface area contributed by atoms with Gasteiger partial charge in [-0.2, -0.15) is 5.10 Å². The molecule has 1 aliphatic heterocycles. The number of nitrogens with zero attached hydrogens (tertiary/aromatic N) is 3. The summed E-state index contributed by atoms with van der Waals surface area (Å²) in [7, 11) is 0. The number of hydrogen-bond acceptors (Lipinski definition) is 6. The van der Waals surface area contributed by atoms with Gasteiger partial charge in [0.25, 0.3) is 5.91 Å². The third-order valence-electron chi connectivity index (χ3n) is 3.54. The van der Waals surface area contributed by atoms with Crippen molar-refractivity contribution in [2.75, 3.05) is 13.3 Å². The van der Waals surface area contributed by atoms with Crippen molar-refractivity contribution in [1.82, 2.24) is 20.1 Å². The summed E-state index contributed by atoms with van der Waals surface area (Å²) in [6.07, 6.45) is 4.23. The first-order valence-corrected chi connectivity index (χ1v) is 8.30. The highest BCUT2D eigenvalue weighted by Crippen LogP contribution is 2.32. The summed E-state index contributed by atoms with van der Waals surface area (Å²) >= 11 is 1.52. The van der Waals surface area contributed by atoms with Crippen molar-refractivity contribution in [3.05, 3.63) is 53.3 Å². The molecule has 0 bridgehead atoms. The van der Waals surface area contributed by atoms with Crippen molar-refractivity contribution in [1.29, 1.82) is 0 Å². The van der Waals surface area contributed by atoms with Gasteiger partial charge in [-0.05, 0) is 24.3 Å². The molecule has 0 fully saturated rings. The maximum atomic E-state index is 12.2. The third-order valence-corrected chi connectivity index (χ3v) is 4.42. The van der Waals surface area contributed by atoms with Gasteiger partial charge in [0.1, 0.15) is 0 Å². The lowest BCUT2D eigenvalue weighted by atomic mass is 10.2. The van der Waals surface area contributed by atoms with Crippen LogP contribution in [0.25, 0.3) is 5.13 Å². The van der Waals surface area contributed by atoms with Crippen molar-refractivity contribution >= 4 is 17.2 Å². The zero-order valence-corrected chi connectivity index (χ0v) is 13.5. The Morgan fingerprint density at radius 3 is 3.12 bits per heavy atom. The number of thiazole rings is 1. The Bertz CT molecular complexity index is 860. The van der Waals surface area contributed by atoms with E-state index in [1.807, 2.05) is 17.6 Å². The van der Waals surface area contributed by atoms with E-state index >= 15 is 0 Å². The van der Waals surface area contributed by atoms with E-state index in [2.05, 4.69) is 15.4 Å². The summed E-state index contributed by atoms with van der Waals surface area (Å²) in [5.41, 5.74) is 1.48. The topological polar surface area (TPSA) is 78.3 Å². The van der Waals surface area contributed by atoms with Crippen molar-refractivity contribution in [3.63, 3.8) is 0 Å². The zero-order chi connectivity index (χ0) is 16.4. The summed E-state index contributed by atoms with van der Waals surface area (Å²) in [4.78, 5) is 16.7. The fourth-order valence-corrected chi connectivity index (χ4v) is 3.14. The van der Waals surface area contributed by atoms with E-state index < -0.39 is 0 Å². The fourth-order valence-electron chi connectivity index (χ4n) is 2.34. The summed E-state index contributed by atoms with van der Waals surface area (Å²) in [6.45, 7) is 0.707. The van der Waals surface area contributed by atoms with Gasteiger partial charge in [-0.15, -0.1) is 11.3 Å². The highest BCUT2D eigenvalue weighted by atomic mass is 32.1. The summed E-state index contributed by atoms with van der Waals surface area (Å²) in [6, 6.07) is 7.01. The van der Waals surface area contributed by atoms with E-state index in [9.17, 15) is 4.79 Å². The maximum Gasteiger partial charge on any atom is 0.251 e. The zero-order valence-electron chi connectivity index (χ0n) is 12.6. The van der Waals surface area contributed by atoms with Gasteiger partial charge in [0, 0.05) is 36.3 Å². The lowest BCUT2D eigenvalue weighted by Gasteiger charge is -2.05. The van der Waals surface area contributed by atoms with Gasteiger partial charge in [0.15, 0.2) is 11.5 Å². The maximum absolute atomic E-state index is 12.2. The molecule has 1 aromatic carbocycles. The summed E-state index contributed by atoms with van der Waals surface area (Å²) in [5, 5.41) is 9.83. The molecule has 0 saturated heterocycles. The summed E-state index contributed by atoms with van der Waals surface area (Å²) < 4.78 is 12.2. The van der Waals surface area contributed by atoms with Crippen LogP contribution < -0.4 is 14.8 Å². The molecule has 0 unspecified atom stereocenters. The SMILES string of the molecule is O=C(NCCc1csc(-n2cccn2)n1)c1ccc2c(c1)OCO2. The van der Waals surface area contributed by atoms with E-state index in [1.54, 1.807) is 29.1 Å². The number of benzene rings is 1. The lowest BCUT2D eigenvalue weighted by Crippen LogP contribution is -2.25. The molecule has 0 aliphatic carbocycles. The minimum Gasteiger partial charge on any atom is -0.454 e. The van der Waals surface area contributed by atoms with Gasteiger partial charge in [0.2, 0.25) is 11.9 Å². The minimum absolute atomic E-state index is 0.143. The van der Waals surface area contributed by atoms with E-state index in [0.29, 0.717) is 30.0 Å². The van der Waals surface area contributed by atoms with Gasteiger partial charge in [-0.1, -0.05) is 0 Å². The Morgan fingerprint density at radius 1 is 1.33 bits per heavy atom. The fraction of sp³-hybridized carbons (Fsp3) is 0.188. The molecule has 122 valence electrons. The summed E-state index contributed by atoms with van der Waals surface area (Å²) in [5.74, 6) is 1.13. The smallest absolute Gasteiger partial charge is 0.251 e. The van der Waals surface area contributed by atoms with Crippen LogP contribution in [0.2, 0.25) is 0 Å². The minimum atomic E-state index is -0.143. The number of hydrogen-bond donors (Lipinski definition) is 1. The average Bonchev–Trinajstić information content (AvgIpc) is 3.34. The normalized spacial score (nSPS) is 12.3. The standard InChI is InChI=1S/C16H14N4O3S/c21-15(11-2-3-13-14(8-11)23-10-22-13)17-6-4-12-9-24-16(19-12)20-7-1-5-18-20/h1-3,5,7-9H,4,6,10H2,(H,17,21). The molecule has 1 amide bonds. The van der Waals surface area contributed by atoms with Crippen LogP contribution in [0.4, 0.5) is 0 Å². The first kappa shape index (κ1) is 14.7. The predicted octanol–water partition coefficient (Wildman–Crippen LogP) is 2.03. The molecule has 3 heterocycles. The van der Waals surface area contributed by atoms with Gasteiger partial charge in [-0.3, -0.25) is 4.79 Å². The molecule has 1 aliphatic rings. The van der Waals surface area contributed by atoms with Gasteiger partial charge in [0.05, 0.1) is 5.69 Å². The predicted molar refractivity (Wildman–Crippen MR) is 87.8 cm³/mol. The molecule has 2 aromatic heterocycles. The molecular formula is C16H14N4O3S. The van der Waals surface area contributed by atoms with Crippen LogP contribution in [0.15, 0.2) is 42.0 Å². The Morgan fingerprint density at radius 2 is 2.25 bits per heavy atom. The second kappa shape index (κ2) is 6.32. The van der Waals surface area contributed by atoms with E-state index in [1.165, 1.54) is 11.3 Å². The van der Waals surface area contributed by atoms with Gasteiger partial charge in [-0.25, -0.2) is 9.67 Å². The Kier molecular flexibility index (Phi) is 3.87. The van der Waals surface area contributed by atoms with Crippen molar-refractivity contribution in [2.24, 2.45) is 0 Å². The van der Waals surface area contributed by atoms with Crippen LogP contribution in [0.5, 0.6) is 11.5 Å². The van der Waals surface area contributed by atoms with Crippen molar-refractivity contribution in [2.45, 2.75) is 6.42 Å². The lowest BCUT2D eigenvalue weighted by molar-refractivity contribution is 0.0953. The first-order chi connectivity index (χ1) is 11.8. The van der Waals surface area contributed by atoms with Crippen LogP contribution >= 0.6 is 11.3 Å². The van der Waals surface area contributed by atoms with Crippen molar-refractivity contribution < 1.29 is 14.3 Å². The van der Waals surface area contributed by atoms with Crippen LogP contribution in [0.3, 0.4) is 0 Å². The van der Waals surface area contributed by atoms with E-state index in [4.69, 9.17) is 9.47 Å². The number of nitrogens with one attached hydrogen (secondary N) is 1. The highest BCUT2D eigenvalue weighted by molar-refractivity contribution is 7.12. The molecule has 0 radical (unpaired) electrons. The molecule has 7 nitrogen and oxygen atoms in total. The highest BCUT2D eigenvalue weighted by Gasteiger charge is 2.16. The van der Waals surface area contributed by atoms with Crippen LogP contribution in [0, 0.1) is 0 Å². The van der Waals surface area contributed by atoms with Gasteiger partial charge >= 0.3 is 0 Å². The average molecular weight is 342 g/mol. The number of amides is 1. The van der Waals surface area contributed by atoms with Crippen molar-refractivity contribution in [3.8, 4) is 16.6 Å². The molecule has 0 saturated carbocycles. The second-order valence-corrected chi connectivity index (χ2v) is 5.98. The largest absolute Gasteiger partial charge is 0.454 e. The third kappa shape index (κ3) is 2.95. The molecule has 0 atom stereocenters. The van der Waals surface area contributed by atoms with Crippen LogP contribution in [-0.4, -0.2) is 34.0 Å². The molecular weight excluding hydrogens is 328 g/mol. The number of rotatable bonds is 5. The molecule has 0 spiro atoms. The second-order valence-electron chi connectivity index (χ2n) is 5.15.